The van der Waals surface area contributed by atoms with Crippen molar-refractivity contribution < 1.29 is 13.9 Å². The van der Waals surface area contributed by atoms with Crippen molar-refractivity contribution in [3.05, 3.63) is 53.3 Å². The molecule has 0 aliphatic carbocycles. The van der Waals surface area contributed by atoms with Crippen LogP contribution in [0.2, 0.25) is 0 Å². The Morgan fingerprint density at radius 1 is 1.25 bits per heavy atom. The molecule has 0 fully saturated rings. The van der Waals surface area contributed by atoms with Crippen molar-refractivity contribution in [3.8, 4) is 5.75 Å². The summed E-state index contributed by atoms with van der Waals surface area (Å²) < 4.78 is 18.3. The van der Waals surface area contributed by atoms with Crippen LogP contribution in [0.25, 0.3) is 0 Å². The van der Waals surface area contributed by atoms with Crippen molar-refractivity contribution in [2.45, 2.75) is 6.92 Å². The Morgan fingerprint density at radius 2 is 2.00 bits per heavy atom. The first-order valence-corrected chi connectivity index (χ1v) is 6.01. The fourth-order valence-electron chi connectivity index (χ4n) is 1.88. The van der Waals surface area contributed by atoms with E-state index in [4.69, 9.17) is 10.5 Å². The molecule has 0 unspecified atom stereocenters. The summed E-state index contributed by atoms with van der Waals surface area (Å²) >= 11 is 0. The van der Waals surface area contributed by atoms with Crippen LogP contribution in [0.4, 0.5) is 15.8 Å². The van der Waals surface area contributed by atoms with Gasteiger partial charge in [-0.2, -0.15) is 0 Å². The highest BCUT2D eigenvalue weighted by molar-refractivity contribution is 6.04. The van der Waals surface area contributed by atoms with E-state index in [1.165, 1.54) is 19.2 Å². The van der Waals surface area contributed by atoms with Crippen LogP contribution in [0.5, 0.6) is 5.75 Å². The number of anilines is 2. The Labute approximate surface area is 116 Å². The zero-order valence-electron chi connectivity index (χ0n) is 11.2. The summed E-state index contributed by atoms with van der Waals surface area (Å²) in [6.07, 6.45) is 0. The maximum Gasteiger partial charge on any atom is 0.255 e. The van der Waals surface area contributed by atoms with Gasteiger partial charge in [0.1, 0.15) is 11.6 Å². The van der Waals surface area contributed by atoms with E-state index < -0.39 is 11.7 Å². The third kappa shape index (κ3) is 3.06. The minimum atomic E-state index is -0.440. The lowest BCUT2D eigenvalue weighted by atomic mass is 10.1. The molecule has 4 nitrogen and oxygen atoms in total. The van der Waals surface area contributed by atoms with Crippen molar-refractivity contribution in [2.24, 2.45) is 0 Å². The normalized spacial score (nSPS) is 10.2. The number of halogens is 1. The molecular formula is C15H15FN2O2. The van der Waals surface area contributed by atoms with Crippen LogP contribution >= 0.6 is 0 Å². The summed E-state index contributed by atoms with van der Waals surface area (Å²) in [5.74, 6) is -0.300. The van der Waals surface area contributed by atoms with Crippen molar-refractivity contribution in [1.29, 1.82) is 0 Å². The van der Waals surface area contributed by atoms with Gasteiger partial charge in [0.05, 0.1) is 12.8 Å². The van der Waals surface area contributed by atoms with Crippen molar-refractivity contribution in [3.63, 3.8) is 0 Å². The number of carbonyl (C=O) groups is 1. The number of amides is 1. The number of carbonyl (C=O) groups excluding carboxylic acids is 1. The van der Waals surface area contributed by atoms with Crippen LogP contribution in [0.3, 0.4) is 0 Å². The molecule has 0 heterocycles. The predicted molar refractivity (Wildman–Crippen MR) is 76.5 cm³/mol. The number of ether oxygens (including phenoxy) is 1. The lowest BCUT2D eigenvalue weighted by Gasteiger charge is -2.09. The molecule has 0 aliphatic heterocycles. The molecular weight excluding hydrogens is 259 g/mol. The first-order chi connectivity index (χ1) is 9.49. The number of nitrogens with one attached hydrogen (secondary N) is 1. The lowest BCUT2D eigenvalue weighted by molar-refractivity contribution is 0.102. The summed E-state index contributed by atoms with van der Waals surface area (Å²) in [5.41, 5.74) is 7.64. The lowest BCUT2D eigenvalue weighted by Crippen LogP contribution is -2.12. The molecule has 0 aromatic heterocycles. The first kappa shape index (κ1) is 13.9. The molecule has 2 rings (SSSR count). The van der Waals surface area contributed by atoms with Gasteiger partial charge in [-0.1, -0.05) is 0 Å². The number of nitrogen functional groups attached to an aromatic ring is 1. The van der Waals surface area contributed by atoms with E-state index in [1.54, 1.807) is 31.2 Å². The highest BCUT2D eigenvalue weighted by atomic mass is 19.1. The van der Waals surface area contributed by atoms with Crippen LogP contribution in [0, 0.1) is 12.7 Å². The molecule has 0 spiro atoms. The fourth-order valence-corrected chi connectivity index (χ4v) is 1.88. The van der Waals surface area contributed by atoms with Crippen LogP contribution in [0.15, 0.2) is 36.4 Å². The molecule has 0 saturated carbocycles. The van der Waals surface area contributed by atoms with Crippen LogP contribution < -0.4 is 15.8 Å². The second-order valence-electron chi connectivity index (χ2n) is 4.43. The van der Waals surface area contributed by atoms with E-state index in [9.17, 15) is 9.18 Å². The van der Waals surface area contributed by atoms with Gasteiger partial charge in [-0.15, -0.1) is 0 Å². The largest absolute Gasteiger partial charge is 0.495 e. The molecule has 3 N–H and O–H groups in total. The first-order valence-electron chi connectivity index (χ1n) is 6.01. The van der Waals surface area contributed by atoms with E-state index in [2.05, 4.69) is 5.32 Å². The Hall–Kier alpha value is -2.56. The molecule has 20 heavy (non-hydrogen) atoms. The summed E-state index contributed by atoms with van der Waals surface area (Å²) in [6.45, 7) is 1.73. The summed E-state index contributed by atoms with van der Waals surface area (Å²) in [4.78, 5) is 12.0. The molecule has 0 saturated heterocycles. The second-order valence-corrected chi connectivity index (χ2v) is 4.43. The predicted octanol–water partition coefficient (Wildman–Crippen LogP) is 2.98. The number of methoxy groups -OCH3 is 1. The van der Waals surface area contributed by atoms with Crippen molar-refractivity contribution in [2.75, 3.05) is 18.2 Å². The Morgan fingerprint density at radius 3 is 2.60 bits per heavy atom. The molecule has 0 radical (unpaired) electrons. The number of hydrogen-bond acceptors (Lipinski definition) is 3. The topological polar surface area (TPSA) is 64.3 Å². The molecule has 2 aromatic rings. The molecule has 2 aromatic carbocycles. The van der Waals surface area contributed by atoms with Gasteiger partial charge in [-0.25, -0.2) is 4.39 Å². The van der Waals surface area contributed by atoms with E-state index >= 15 is 0 Å². The minimum absolute atomic E-state index is 0.261. The average Bonchev–Trinajstić information content (AvgIpc) is 2.37. The number of benzene rings is 2. The quantitative estimate of drug-likeness (QED) is 0.846. The van der Waals surface area contributed by atoms with Gasteiger partial charge in [0, 0.05) is 11.3 Å². The van der Waals surface area contributed by atoms with E-state index in [0.29, 0.717) is 22.7 Å². The monoisotopic (exact) mass is 274 g/mol. The van der Waals surface area contributed by atoms with Crippen molar-refractivity contribution in [1.82, 2.24) is 0 Å². The van der Waals surface area contributed by atoms with Gasteiger partial charge >= 0.3 is 0 Å². The third-order valence-corrected chi connectivity index (χ3v) is 2.79. The maximum atomic E-state index is 13.3. The molecule has 5 heteroatoms. The Bertz CT molecular complexity index is 636. The fraction of sp³-hybridized carbons (Fsp3) is 0.133. The highest BCUT2D eigenvalue weighted by Crippen LogP contribution is 2.25. The molecule has 1 amide bonds. The molecule has 0 atom stereocenters. The maximum absolute atomic E-state index is 13.3. The summed E-state index contributed by atoms with van der Waals surface area (Å²) in [7, 11) is 1.51. The smallest absolute Gasteiger partial charge is 0.255 e. The number of rotatable bonds is 3. The van der Waals surface area contributed by atoms with Gasteiger partial charge in [0.25, 0.3) is 5.91 Å². The Balaban J connectivity index is 2.21. The summed E-state index contributed by atoms with van der Waals surface area (Å²) in [5, 5.41) is 2.66. The van der Waals surface area contributed by atoms with Gasteiger partial charge in [-0.3, -0.25) is 4.79 Å². The van der Waals surface area contributed by atoms with Gasteiger partial charge in [-0.05, 0) is 48.9 Å². The molecule has 0 bridgehead atoms. The zero-order valence-corrected chi connectivity index (χ0v) is 11.2. The van der Waals surface area contributed by atoms with E-state index in [-0.39, 0.29) is 5.56 Å². The summed E-state index contributed by atoms with van der Waals surface area (Å²) in [6, 6.07) is 9.08. The standard InChI is InChI=1S/C15H15FN2O2/c1-9-5-10(7-11(16)6-9)15(19)18-12-3-4-14(20-2)13(17)8-12/h3-8H,17H2,1-2H3,(H,18,19). The molecule has 104 valence electrons. The van der Waals surface area contributed by atoms with Gasteiger partial charge in [0.15, 0.2) is 0 Å². The number of hydrogen-bond donors (Lipinski definition) is 2. The van der Waals surface area contributed by atoms with E-state index in [1.807, 2.05) is 0 Å². The minimum Gasteiger partial charge on any atom is -0.495 e. The van der Waals surface area contributed by atoms with Crippen LogP contribution in [-0.2, 0) is 0 Å². The third-order valence-electron chi connectivity index (χ3n) is 2.79. The van der Waals surface area contributed by atoms with Crippen LogP contribution in [0.1, 0.15) is 15.9 Å². The van der Waals surface area contributed by atoms with Gasteiger partial charge in [0.2, 0.25) is 0 Å². The molecule has 0 aliphatic rings. The van der Waals surface area contributed by atoms with Crippen LogP contribution in [-0.4, -0.2) is 13.0 Å². The van der Waals surface area contributed by atoms with E-state index in [0.717, 1.165) is 0 Å². The Kier molecular flexibility index (Phi) is 3.89. The van der Waals surface area contributed by atoms with Crippen molar-refractivity contribution >= 4 is 17.3 Å². The van der Waals surface area contributed by atoms with Gasteiger partial charge < -0.3 is 15.8 Å². The second kappa shape index (κ2) is 5.61. The SMILES string of the molecule is COc1ccc(NC(=O)c2cc(C)cc(F)c2)cc1N. The highest BCUT2D eigenvalue weighted by Gasteiger charge is 2.09. The number of aryl methyl sites for hydroxylation is 1. The average molecular weight is 274 g/mol. The zero-order chi connectivity index (χ0) is 14.7. The number of nitrogens with two attached hydrogens (primary N) is 1.